The molecule has 0 atom stereocenters. The Morgan fingerprint density at radius 3 is 2.75 bits per heavy atom. The number of nitrogens with zero attached hydrogens (tertiary/aromatic N) is 1. The van der Waals surface area contributed by atoms with E-state index < -0.39 is 0 Å². The van der Waals surface area contributed by atoms with Crippen molar-refractivity contribution in [3.05, 3.63) is 23.8 Å². The summed E-state index contributed by atoms with van der Waals surface area (Å²) in [5, 5.41) is 0. The van der Waals surface area contributed by atoms with Crippen LogP contribution in [-0.4, -0.2) is 13.3 Å². The van der Waals surface area contributed by atoms with Crippen molar-refractivity contribution in [3.63, 3.8) is 0 Å². The molecule has 0 radical (unpaired) electrons. The van der Waals surface area contributed by atoms with Gasteiger partial charge in [-0.15, -0.1) is 0 Å². The molecule has 0 aromatic heterocycles. The van der Waals surface area contributed by atoms with Crippen molar-refractivity contribution >= 4 is 11.9 Å². The van der Waals surface area contributed by atoms with Crippen molar-refractivity contribution in [3.8, 4) is 5.75 Å². The quantitative estimate of drug-likeness (QED) is 0.614. The van der Waals surface area contributed by atoms with E-state index >= 15 is 0 Å². The Hall–Kier alpha value is -1.31. The Bertz CT molecular complexity index is 292. The number of hydrogen-bond acceptors (Lipinski definition) is 2. The molecule has 0 saturated carbocycles. The largest absolute Gasteiger partial charge is 0.494 e. The average Bonchev–Trinajstić information content (AvgIpc) is 2.05. The minimum absolute atomic E-state index is 0.818. The second-order valence-corrected chi connectivity index (χ2v) is 2.56. The first-order valence-corrected chi connectivity index (χ1v) is 3.91. The van der Waals surface area contributed by atoms with Crippen molar-refractivity contribution in [2.75, 3.05) is 7.11 Å². The summed E-state index contributed by atoms with van der Waals surface area (Å²) in [4.78, 5) is 4.19. The summed E-state index contributed by atoms with van der Waals surface area (Å²) in [7, 11) is 1.65. The molecule has 0 amide bonds. The average molecular weight is 163 g/mol. The van der Waals surface area contributed by atoms with Gasteiger partial charge in [-0.25, -0.2) is 0 Å². The van der Waals surface area contributed by atoms with E-state index in [2.05, 4.69) is 4.99 Å². The second kappa shape index (κ2) is 3.90. The van der Waals surface area contributed by atoms with Gasteiger partial charge in [-0.1, -0.05) is 6.07 Å². The van der Waals surface area contributed by atoms with Crippen LogP contribution in [0, 0.1) is 6.92 Å². The van der Waals surface area contributed by atoms with E-state index in [4.69, 9.17) is 4.74 Å². The predicted molar refractivity (Wildman–Crippen MR) is 51.6 cm³/mol. The summed E-state index contributed by atoms with van der Waals surface area (Å²) < 4.78 is 5.14. The van der Waals surface area contributed by atoms with Crippen LogP contribution in [0.15, 0.2) is 23.2 Å². The molecule has 0 unspecified atom stereocenters. The molecule has 1 aromatic carbocycles. The fourth-order valence-electron chi connectivity index (χ4n) is 1.04. The fourth-order valence-corrected chi connectivity index (χ4v) is 1.04. The molecule has 0 aliphatic heterocycles. The van der Waals surface area contributed by atoms with Gasteiger partial charge in [0, 0.05) is 6.21 Å². The number of benzene rings is 1. The molecule has 1 aromatic rings. The van der Waals surface area contributed by atoms with Crippen LogP contribution < -0.4 is 4.74 Å². The van der Waals surface area contributed by atoms with Gasteiger partial charge < -0.3 is 4.74 Å². The third kappa shape index (κ3) is 1.84. The summed E-state index contributed by atoms with van der Waals surface area (Å²) >= 11 is 0. The maximum atomic E-state index is 5.14. The van der Waals surface area contributed by atoms with Crippen LogP contribution in [0.5, 0.6) is 5.75 Å². The van der Waals surface area contributed by atoms with Crippen LogP contribution in [0.3, 0.4) is 0 Å². The summed E-state index contributed by atoms with van der Waals surface area (Å²) in [6, 6.07) is 5.93. The monoisotopic (exact) mass is 163 g/mol. The van der Waals surface area contributed by atoms with Crippen LogP contribution in [-0.2, 0) is 0 Å². The Labute approximate surface area is 72.9 Å². The SMILES string of the molecule is CC=Nc1cc(C)ccc1OC. The minimum Gasteiger partial charge on any atom is -0.494 e. The minimum atomic E-state index is 0.818. The molecule has 0 heterocycles. The van der Waals surface area contributed by atoms with E-state index in [0.717, 1.165) is 11.4 Å². The lowest BCUT2D eigenvalue weighted by Crippen LogP contribution is -1.83. The Morgan fingerprint density at radius 2 is 2.17 bits per heavy atom. The Morgan fingerprint density at radius 1 is 1.42 bits per heavy atom. The molecule has 0 N–H and O–H groups in total. The molecule has 12 heavy (non-hydrogen) atoms. The third-order valence-corrected chi connectivity index (χ3v) is 1.60. The molecule has 0 aliphatic carbocycles. The lowest BCUT2D eigenvalue weighted by atomic mass is 10.2. The molecule has 0 fully saturated rings. The number of aryl methyl sites for hydroxylation is 1. The van der Waals surface area contributed by atoms with Gasteiger partial charge >= 0.3 is 0 Å². The number of aliphatic imine (C=N–C) groups is 1. The molecule has 0 aliphatic rings. The molecule has 64 valence electrons. The number of ether oxygens (including phenoxy) is 1. The standard InChI is InChI=1S/C10H13NO/c1-4-11-9-7-8(2)5-6-10(9)12-3/h4-7H,1-3H3. The van der Waals surface area contributed by atoms with Gasteiger partial charge in [-0.3, -0.25) is 4.99 Å². The van der Waals surface area contributed by atoms with Gasteiger partial charge in [-0.05, 0) is 31.5 Å². The van der Waals surface area contributed by atoms with Crippen LogP contribution in [0.25, 0.3) is 0 Å². The lowest BCUT2D eigenvalue weighted by Gasteiger charge is -2.03. The highest BCUT2D eigenvalue weighted by Gasteiger charge is 1.98. The van der Waals surface area contributed by atoms with Crippen molar-refractivity contribution < 1.29 is 4.74 Å². The first-order chi connectivity index (χ1) is 5.77. The van der Waals surface area contributed by atoms with E-state index in [1.165, 1.54) is 5.56 Å². The van der Waals surface area contributed by atoms with E-state index in [1.54, 1.807) is 13.3 Å². The zero-order chi connectivity index (χ0) is 8.97. The van der Waals surface area contributed by atoms with E-state index in [0.29, 0.717) is 0 Å². The third-order valence-electron chi connectivity index (χ3n) is 1.60. The fraction of sp³-hybridized carbons (Fsp3) is 0.300. The van der Waals surface area contributed by atoms with Gasteiger partial charge in [0.1, 0.15) is 11.4 Å². The maximum Gasteiger partial charge on any atom is 0.144 e. The van der Waals surface area contributed by atoms with Gasteiger partial charge in [0.2, 0.25) is 0 Å². The molecule has 0 bridgehead atoms. The zero-order valence-electron chi connectivity index (χ0n) is 7.66. The Kier molecular flexibility index (Phi) is 2.86. The van der Waals surface area contributed by atoms with Crippen LogP contribution >= 0.6 is 0 Å². The van der Waals surface area contributed by atoms with Gasteiger partial charge in [0.15, 0.2) is 0 Å². The highest BCUT2D eigenvalue weighted by molar-refractivity contribution is 5.65. The molecular formula is C10H13NO. The van der Waals surface area contributed by atoms with Crippen LogP contribution in [0.2, 0.25) is 0 Å². The lowest BCUT2D eigenvalue weighted by molar-refractivity contribution is 0.416. The zero-order valence-corrected chi connectivity index (χ0v) is 7.66. The van der Waals surface area contributed by atoms with E-state index in [-0.39, 0.29) is 0 Å². The topological polar surface area (TPSA) is 21.6 Å². The van der Waals surface area contributed by atoms with Crippen molar-refractivity contribution in [1.82, 2.24) is 0 Å². The first-order valence-electron chi connectivity index (χ1n) is 3.91. The van der Waals surface area contributed by atoms with Crippen molar-refractivity contribution in [2.45, 2.75) is 13.8 Å². The summed E-state index contributed by atoms with van der Waals surface area (Å²) in [6.45, 7) is 3.93. The maximum absolute atomic E-state index is 5.14. The van der Waals surface area contributed by atoms with Gasteiger partial charge in [0.05, 0.1) is 7.11 Å². The first kappa shape index (κ1) is 8.78. The highest BCUT2D eigenvalue weighted by atomic mass is 16.5. The normalized spacial score (nSPS) is 10.6. The van der Waals surface area contributed by atoms with Gasteiger partial charge in [-0.2, -0.15) is 0 Å². The summed E-state index contributed by atoms with van der Waals surface area (Å²) in [6.07, 6.45) is 1.76. The highest BCUT2D eigenvalue weighted by Crippen LogP contribution is 2.27. The predicted octanol–water partition coefficient (Wildman–Crippen LogP) is 2.73. The second-order valence-electron chi connectivity index (χ2n) is 2.56. The molecule has 2 heteroatoms. The van der Waals surface area contributed by atoms with Crippen LogP contribution in [0.1, 0.15) is 12.5 Å². The molecular weight excluding hydrogens is 150 g/mol. The molecule has 0 spiro atoms. The van der Waals surface area contributed by atoms with Gasteiger partial charge in [0.25, 0.3) is 0 Å². The van der Waals surface area contributed by atoms with E-state index in [9.17, 15) is 0 Å². The Balaban J connectivity index is 3.12. The van der Waals surface area contributed by atoms with Crippen molar-refractivity contribution in [1.29, 1.82) is 0 Å². The van der Waals surface area contributed by atoms with E-state index in [1.807, 2.05) is 32.0 Å². The molecule has 1 rings (SSSR count). The molecule has 0 saturated heterocycles. The summed E-state index contributed by atoms with van der Waals surface area (Å²) in [5.74, 6) is 0.818. The number of methoxy groups -OCH3 is 1. The number of hydrogen-bond donors (Lipinski definition) is 0. The van der Waals surface area contributed by atoms with Crippen molar-refractivity contribution in [2.24, 2.45) is 4.99 Å². The van der Waals surface area contributed by atoms with Crippen LogP contribution in [0.4, 0.5) is 5.69 Å². The number of rotatable bonds is 2. The smallest absolute Gasteiger partial charge is 0.144 e. The molecule has 2 nitrogen and oxygen atoms in total. The summed E-state index contributed by atoms with van der Waals surface area (Å²) in [5.41, 5.74) is 2.08.